The number of hydrogen-bond donors (Lipinski definition) is 0. The summed E-state index contributed by atoms with van der Waals surface area (Å²) in [5.41, 5.74) is 6.28. The molecule has 1 aliphatic heterocycles. The maximum absolute atomic E-state index is 13.1. The minimum atomic E-state index is -0.0128. The molecule has 0 N–H and O–H groups in total. The monoisotopic (exact) mass is 815 g/mol. The van der Waals surface area contributed by atoms with Crippen molar-refractivity contribution >= 4 is 52.2 Å². The van der Waals surface area contributed by atoms with Crippen molar-refractivity contribution in [3.05, 3.63) is 153 Å². The molecule has 1 saturated heterocycles. The Morgan fingerprint density at radius 3 is 2.23 bits per heavy atom. The molecule has 1 aromatic heterocycles. The van der Waals surface area contributed by atoms with Crippen LogP contribution in [0.1, 0.15) is 40.3 Å². The van der Waals surface area contributed by atoms with Crippen molar-refractivity contribution in [2.24, 2.45) is 0 Å². The number of aryl methyl sites for hydroxylation is 2. The Balaban J connectivity index is 0.00000541. The molecule has 0 saturated carbocycles. The second kappa shape index (κ2) is 19.1. The van der Waals surface area contributed by atoms with Crippen LogP contribution in [-0.2, 0) is 24.4 Å². The van der Waals surface area contributed by atoms with Gasteiger partial charge in [0.2, 0.25) is 11.8 Å². The molecule has 1 unspecified atom stereocenters. The minimum Gasteiger partial charge on any atom is -0.490 e. The third-order valence-corrected chi connectivity index (χ3v) is 9.58. The zero-order valence-corrected chi connectivity index (χ0v) is 33.4. The first kappa shape index (κ1) is 39.9. The Morgan fingerprint density at radius 2 is 1.55 bits per heavy atom. The highest BCUT2D eigenvalue weighted by molar-refractivity contribution is 8.93. The quantitative estimate of drug-likeness (QED) is 0.110. The predicted octanol–water partition coefficient (Wildman–Crippen LogP) is 10.3. The number of piperazine rings is 1. The Kier molecular flexibility index (Phi) is 14.4. The third kappa shape index (κ3) is 11.6. The summed E-state index contributed by atoms with van der Waals surface area (Å²) in [4.78, 5) is 21.7. The van der Waals surface area contributed by atoms with Crippen LogP contribution in [-0.4, -0.2) is 53.0 Å². The van der Waals surface area contributed by atoms with E-state index in [-0.39, 0.29) is 29.0 Å². The van der Waals surface area contributed by atoms with Crippen molar-refractivity contribution < 1.29 is 19.0 Å². The van der Waals surface area contributed by atoms with Crippen molar-refractivity contribution in [1.82, 2.24) is 14.8 Å². The van der Waals surface area contributed by atoms with Gasteiger partial charge in [-0.25, -0.2) is 4.98 Å². The Bertz CT molecular complexity index is 1960. The summed E-state index contributed by atoms with van der Waals surface area (Å²) in [6.07, 6.45) is 5.95. The van der Waals surface area contributed by atoms with Crippen LogP contribution in [0.3, 0.4) is 0 Å². The Hall–Kier alpha value is -4.34. The number of halogens is 3. The molecule has 5 aromatic rings. The lowest BCUT2D eigenvalue weighted by molar-refractivity contribution is -0.127. The molecule has 10 heteroatoms. The molecule has 276 valence electrons. The molecule has 1 aliphatic rings. The van der Waals surface area contributed by atoms with Crippen LogP contribution in [0.25, 0.3) is 6.08 Å². The minimum absolute atomic E-state index is 0. The summed E-state index contributed by atoms with van der Waals surface area (Å²) in [6, 6.07) is 31.7. The first-order valence-corrected chi connectivity index (χ1v) is 18.2. The van der Waals surface area contributed by atoms with Crippen LogP contribution in [0.15, 0.2) is 109 Å². The van der Waals surface area contributed by atoms with Gasteiger partial charge in [-0.15, -0.1) is 17.0 Å². The maximum atomic E-state index is 13.1. The molecule has 1 amide bonds. The van der Waals surface area contributed by atoms with Crippen LogP contribution in [0, 0.1) is 13.8 Å². The maximum Gasteiger partial charge on any atom is 0.246 e. The lowest BCUT2D eigenvalue weighted by Crippen LogP contribution is -2.47. The molecule has 6 rings (SSSR count). The normalized spacial score (nSPS) is 13.7. The molecule has 7 nitrogen and oxygen atoms in total. The van der Waals surface area contributed by atoms with Gasteiger partial charge in [0.05, 0.1) is 17.3 Å². The van der Waals surface area contributed by atoms with Gasteiger partial charge in [0.15, 0.2) is 5.75 Å². The van der Waals surface area contributed by atoms with E-state index in [1.165, 1.54) is 16.7 Å². The summed E-state index contributed by atoms with van der Waals surface area (Å²) in [5.74, 6) is 2.38. The van der Waals surface area contributed by atoms with Crippen LogP contribution in [0.5, 0.6) is 23.1 Å². The smallest absolute Gasteiger partial charge is 0.246 e. The molecule has 4 aromatic carbocycles. The van der Waals surface area contributed by atoms with Crippen molar-refractivity contribution in [3.8, 4) is 23.1 Å². The standard InChI is InChI=1S/C43H43Cl2N3O4.BrH/c1-30-8-15-37(16-9-30)51-32(3)25-33-10-12-34(13-11-33)28-47-20-22-48(23-21-47)42(49)19-14-35-24-31(2)43(40(45)26-35)52-41-18-17-38(27-46-41)50-29-36-6-4-5-7-39(36)44;/h4-19,24,26-27,32H,20-23,25,28-29H2,1-3H3;1H/b19-14+;. The fraction of sp³-hybridized carbons (Fsp3) is 0.256. The molecular formula is C43H44BrCl2N3O4. The van der Waals surface area contributed by atoms with Crippen LogP contribution >= 0.6 is 40.2 Å². The summed E-state index contributed by atoms with van der Waals surface area (Å²) in [6.45, 7) is 10.3. The van der Waals surface area contributed by atoms with E-state index < -0.39 is 0 Å². The molecule has 53 heavy (non-hydrogen) atoms. The number of rotatable bonds is 13. The highest BCUT2D eigenvalue weighted by atomic mass is 79.9. The van der Waals surface area contributed by atoms with Gasteiger partial charge >= 0.3 is 0 Å². The van der Waals surface area contributed by atoms with E-state index in [0.717, 1.165) is 48.5 Å². The van der Waals surface area contributed by atoms with Crippen molar-refractivity contribution in [1.29, 1.82) is 0 Å². The number of benzene rings is 4. The fourth-order valence-corrected chi connectivity index (χ4v) is 6.54. The summed E-state index contributed by atoms with van der Waals surface area (Å²) >= 11 is 12.8. The largest absolute Gasteiger partial charge is 0.490 e. The van der Waals surface area contributed by atoms with Gasteiger partial charge < -0.3 is 19.1 Å². The van der Waals surface area contributed by atoms with Gasteiger partial charge in [0.1, 0.15) is 18.1 Å². The molecule has 0 aliphatic carbocycles. The lowest BCUT2D eigenvalue weighted by atomic mass is 10.1. The molecule has 0 radical (unpaired) electrons. The number of nitrogens with zero attached hydrogens (tertiary/aromatic N) is 3. The van der Waals surface area contributed by atoms with Gasteiger partial charge in [0.25, 0.3) is 0 Å². The second-order valence-electron chi connectivity index (χ2n) is 13.2. The zero-order valence-electron chi connectivity index (χ0n) is 30.1. The number of aromatic nitrogens is 1. The number of carbonyl (C=O) groups excluding carboxylic acids is 1. The number of hydrogen-bond acceptors (Lipinski definition) is 6. The van der Waals surface area contributed by atoms with Crippen molar-refractivity contribution in [2.75, 3.05) is 26.2 Å². The molecule has 2 heterocycles. The van der Waals surface area contributed by atoms with E-state index in [4.69, 9.17) is 37.4 Å². The van der Waals surface area contributed by atoms with Crippen LogP contribution < -0.4 is 14.2 Å². The molecule has 0 spiro atoms. The van der Waals surface area contributed by atoms with Gasteiger partial charge in [-0.2, -0.15) is 0 Å². The summed E-state index contributed by atoms with van der Waals surface area (Å²) in [7, 11) is 0. The fourth-order valence-electron chi connectivity index (χ4n) is 6.04. The molecule has 0 bridgehead atoms. The lowest BCUT2D eigenvalue weighted by Gasteiger charge is -2.34. The van der Waals surface area contributed by atoms with E-state index in [0.29, 0.717) is 47.1 Å². The summed E-state index contributed by atoms with van der Waals surface area (Å²) in [5, 5.41) is 1.08. The average Bonchev–Trinajstić information content (AvgIpc) is 3.14. The average molecular weight is 818 g/mol. The molecular weight excluding hydrogens is 773 g/mol. The van der Waals surface area contributed by atoms with Gasteiger partial charge in [0, 0.05) is 61.9 Å². The summed E-state index contributed by atoms with van der Waals surface area (Å²) < 4.78 is 17.9. The first-order chi connectivity index (χ1) is 25.2. The number of carbonyl (C=O) groups is 1. The second-order valence-corrected chi connectivity index (χ2v) is 14.0. The van der Waals surface area contributed by atoms with E-state index in [1.54, 1.807) is 36.5 Å². The van der Waals surface area contributed by atoms with E-state index in [1.807, 2.05) is 54.3 Å². The van der Waals surface area contributed by atoms with Gasteiger partial charge in [-0.3, -0.25) is 9.69 Å². The van der Waals surface area contributed by atoms with E-state index >= 15 is 0 Å². The van der Waals surface area contributed by atoms with Gasteiger partial charge in [-0.05, 0) is 85.5 Å². The topological polar surface area (TPSA) is 64.1 Å². The number of pyridine rings is 1. The van der Waals surface area contributed by atoms with E-state index in [9.17, 15) is 4.79 Å². The SMILES string of the molecule is Br.Cc1ccc(OC(C)Cc2ccc(CN3CCN(C(=O)/C=C/c4cc(C)c(Oc5ccc(OCc6ccccc6Cl)cn5)c(Cl)c4)CC3)cc2)cc1. The molecule has 1 atom stereocenters. The van der Waals surface area contributed by atoms with E-state index in [2.05, 4.69) is 60.1 Å². The molecule has 1 fully saturated rings. The first-order valence-electron chi connectivity index (χ1n) is 17.5. The number of ether oxygens (including phenoxy) is 3. The highest BCUT2D eigenvalue weighted by Crippen LogP contribution is 2.34. The van der Waals surface area contributed by atoms with Crippen molar-refractivity contribution in [3.63, 3.8) is 0 Å². The van der Waals surface area contributed by atoms with Gasteiger partial charge in [-0.1, -0.05) is 83.4 Å². The van der Waals surface area contributed by atoms with Crippen LogP contribution in [0.4, 0.5) is 0 Å². The Morgan fingerprint density at radius 1 is 0.849 bits per heavy atom. The number of amides is 1. The van der Waals surface area contributed by atoms with Crippen LogP contribution in [0.2, 0.25) is 10.0 Å². The zero-order chi connectivity index (χ0) is 36.5. The highest BCUT2D eigenvalue weighted by Gasteiger charge is 2.20. The van der Waals surface area contributed by atoms with Crippen molar-refractivity contribution in [2.45, 2.75) is 46.4 Å². The third-order valence-electron chi connectivity index (χ3n) is 8.93. The predicted molar refractivity (Wildman–Crippen MR) is 219 cm³/mol. The Labute approximate surface area is 332 Å².